The summed E-state index contributed by atoms with van der Waals surface area (Å²) in [6, 6.07) is 2.27. The van der Waals surface area contributed by atoms with Gasteiger partial charge in [0.25, 0.3) is 0 Å². The molecule has 0 radical (unpaired) electrons. The van der Waals surface area contributed by atoms with Crippen LogP contribution in [0.1, 0.15) is 47.0 Å². The van der Waals surface area contributed by atoms with Gasteiger partial charge >= 0.3 is 0 Å². The zero-order valence-electron chi connectivity index (χ0n) is 14.5. The lowest BCUT2D eigenvalue weighted by atomic mass is 9.80. The van der Waals surface area contributed by atoms with Crippen LogP contribution in [-0.4, -0.2) is 60.6 Å². The quantitative estimate of drug-likeness (QED) is 0.859. The van der Waals surface area contributed by atoms with Crippen LogP contribution >= 0.6 is 0 Å². The normalized spacial score (nSPS) is 41.1. The Balaban J connectivity index is 1.71. The zero-order valence-corrected chi connectivity index (χ0v) is 14.5. The molecular weight excluding hydrogens is 258 g/mol. The highest BCUT2D eigenvalue weighted by Gasteiger charge is 2.42. The molecule has 3 atom stereocenters. The summed E-state index contributed by atoms with van der Waals surface area (Å²) in [5, 5.41) is 3.84. The van der Waals surface area contributed by atoms with Crippen molar-refractivity contribution in [3.8, 4) is 0 Å². The van der Waals surface area contributed by atoms with Gasteiger partial charge in [0.2, 0.25) is 0 Å². The molecule has 0 aromatic heterocycles. The molecule has 0 saturated carbocycles. The van der Waals surface area contributed by atoms with Crippen molar-refractivity contribution in [2.45, 2.75) is 65.1 Å². The van der Waals surface area contributed by atoms with Gasteiger partial charge in [-0.25, -0.2) is 0 Å². The van der Waals surface area contributed by atoms with Crippen molar-refractivity contribution in [2.75, 3.05) is 32.7 Å². The molecular formula is C18H35N3. The number of hydrogen-bond acceptors (Lipinski definition) is 3. The van der Waals surface area contributed by atoms with E-state index in [4.69, 9.17) is 0 Å². The van der Waals surface area contributed by atoms with Gasteiger partial charge in [-0.2, -0.15) is 0 Å². The number of hydrogen-bond donors (Lipinski definition) is 1. The smallest absolute Gasteiger partial charge is 0.0256 e. The molecule has 4 aliphatic heterocycles. The van der Waals surface area contributed by atoms with Gasteiger partial charge < -0.3 is 10.2 Å². The van der Waals surface area contributed by atoms with E-state index in [0.29, 0.717) is 6.04 Å². The summed E-state index contributed by atoms with van der Waals surface area (Å²) in [7, 11) is 0. The maximum Gasteiger partial charge on any atom is 0.0256 e. The van der Waals surface area contributed by atoms with Gasteiger partial charge in [0, 0.05) is 37.8 Å². The summed E-state index contributed by atoms with van der Waals surface area (Å²) in [4.78, 5) is 5.63. The molecule has 1 N–H and O–H groups in total. The Hall–Kier alpha value is -0.120. The highest BCUT2D eigenvalue weighted by molar-refractivity contribution is 4.98. The molecule has 0 aliphatic carbocycles. The van der Waals surface area contributed by atoms with Crippen LogP contribution < -0.4 is 5.32 Å². The molecule has 3 unspecified atom stereocenters. The number of rotatable bonds is 4. The molecule has 4 saturated heterocycles. The lowest BCUT2D eigenvalue weighted by Crippen LogP contribution is -2.67. The minimum absolute atomic E-state index is 0.704. The molecule has 0 spiro atoms. The van der Waals surface area contributed by atoms with E-state index in [0.717, 1.165) is 29.8 Å². The summed E-state index contributed by atoms with van der Waals surface area (Å²) in [5.74, 6) is 2.52. The second kappa shape index (κ2) is 6.55. The summed E-state index contributed by atoms with van der Waals surface area (Å²) in [6.45, 7) is 16.0. The number of nitrogens with zero attached hydrogens (tertiary/aromatic N) is 2. The summed E-state index contributed by atoms with van der Waals surface area (Å²) >= 11 is 0. The van der Waals surface area contributed by atoms with E-state index in [1.54, 1.807) is 0 Å². The van der Waals surface area contributed by atoms with Crippen LogP contribution in [0, 0.1) is 17.8 Å². The molecule has 0 aromatic rings. The van der Waals surface area contributed by atoms with E-state index in [2.05, 4.69) is 42.8 Å². The van der Waals surface area contributed by atoms with E-state index >= 15 is 0 Å². The average Bonchev–Trinajstić information content (AvgIpc) is 2.47. The van der Waals surface area contributed by atoms with Crippen LogP contribution in [0.15, 0.2) is 0 Å². The highest BCUT2D eigenvalue weighted by atomic mass is 15.3. The third-order valence-electron chi connectivity index (χ3n) is 6.05. The Morgan fingerprint density at radius 3 is 2.29 bits per heavy atom. The Kier molecular flexibility index (Phi) is 4.92. The van der Waals surface area contributed by atoms with E-state index in [1.807, 2.05) is 0 Å². The van der Waals surface area contributed by atoms with Gasteiger partial charge in [-0.3, -0.25) is 4.90 Å². The third kappa shape index (κ3) is 3.46. The van der Waals surface area contributed by atoms with E-state index in [1.165, 1.54) is 52.0 Å². The predicted molar refractivity (Wildman–Crippen MR) is 89.5 cm³/mol. The Morgan fingerprint density at radius 1 is 1.05 bits per heavy atom. The Bertz CT molecular complexity index is 333. The van der Waals surface area contributed by atoms with Crippen LogP contribution in [0.2, 0.25) is 0 Å². The minimum atomic E-state index is 0.704. The standard InChI is InChI=1S/C18H35N3/c1-13(2)9-16-11-21(17(10-19-16)14(3)4)18-12-20-7-5-15(18)6-8-20/h13-19H,5-12H2,1-4H3. The first kappa shape index (κ1) is 15.8. The average molecular weight is 293 g/mol. The van der Waals surface area contributed by atoms with Crippen molar-refractivity contribution < 1.29 is 0 Å². The van der Waals surface area contributed by atoms with Crippen LogP contribution in [0.3, 0.4) is 0 Å². The molecule has 4 rings (SSSR count). The molecule has 4 fully saturated rings. The molecule has 0 aromatic carbocycles. The second-order valence-electron chi connectivity index (χ2n) is 8.45. The predicted octanol–water partition coefficient (Wildman–Crippen LogP) is 2.43. The van der Waals surface area contributed by atoms with Crippen LogP contribution in [-0.2, 0) is 0 Å². The van der Waals surface area contributed by atoms with Crippen molar-refractivity contribution in [3.63, 3.8) is 0 Å². The highest BCUT2D eigenvalue weighted by Crippen LogP contribution is 2.34. The van der Waals surface area contributed by atoms with E-state index in [9.17, 15) is 0 Å². The molecule has 3 nitrogen and oxygen atoms in total. The van der Waals surface area contributed by atoms with Crippen molar-refractivity contribution in [2.24, 2.45) is 17.8 Å². The fourth-order valence-corrected chi connectivity index (χ4v) is 4.90. The van der Waals surface area contributed by atoms with Gasteiger partial charge in [0.05, 0.1) is 0 Å². The second-order valence-corrected chi connectivity index (χ2v) is 8.45. The largest absolute Gasteiger partial charge is 0.311 e. The first-order valence-electron chi connectivity index (χ1n) is 9.26. The van der Waals surface area contributed by atoms with Crippen LogP contribution in [0.4, 0.5) is 0 Å². The van der Waals surface area contributed by atoms with Gasteiger partial charge in [0.1, 0.15) is 0 Å². The maximum absolute atomic E-state index is 3.84. The number of fused-ring (bicyclic) bond motifs is 3. The number of nitrogens with one attached hydrogen (secondary N) is 1. The first-order chi connectivity index (χ1) is 10.0. The molecule has 122 valence electrons. The van der Waals surface area contributed by atoms with Crippen molar-refractivity contribution >= 4 is 0 Å². The van der Waals surface area contributed by atoms with E-state index < -0.39 is 0 Å². The number of piperidine rings is 3. The molecule has 2 bridgehead atoms. The molecule has 4 heterocycles. The van der Waals surface area contributed by atoms with Crippen molar-refractivity contribution in [1.82, 2.24) is 15.1 Å². The number of piperazine rings is 1. The van der Waals surface area contributed by atoms with E-state index in [-0.39, 0.29) is 0 Å². The molecule has 21 heavy (non-hydrogen) atoms. The molecule has 3 heteroatoms. The topological polar surface area (TPSA) is 18.5 Å². The summed E-state index contributed by atoms with van der Waals surface area (Å²) in [5.41, 5.74) is 0. The van der Waals surface area contributed by atoms with Crippen LogP contribution in [0.5, 0.6) is 0 Å². The Morgan fingerprint density at radius 2 is 1.76 bits per heavy atom. The maximum atomic E-state index is 3.84. The van der Waals surface area contributed by atoms with Crippen molar-refractivity contribution in [1.29, 1.82) is 0 Å². The fourth-order valence-electron chi connectivity index (χ4n) is 4.90. The summed E-state index contributed by atoms with van der Waals surface area (Å²) in [6.07, 6.45) is 4.20. The monoisotopic (exact) mass is 293 g/mol. The molecule has 0 amide bonds. The molecule has 4 aliphatic rings. The van der Waals surface area contributed by atoms with Crippen LogP contribution in [0.25, 0.3) is 0 Å². The fraction of sp³-hybridized carbons (Fsp3) is 1.00. The third-order valence-corrected chi connectivity index (χ3v) is 6.05. The lowest BCUT2D eigenvalue weighted by Gasteiger charge is -2.54. The van der Waals surface area contributed by atoms with Gasteiger partial charge in [-0.1, -0.05) is 27.7 Å². The minimum Gasteiger partial charge on any atom is -0.311 e. The Labute approximate surface area is 131 Å². The first-order valence-corrected chi connectivity index (χ1v) is 9.26. The SMILES string of the molecule is CC(C)CC1CN(C2CN3CCC2CC3)C(C(C)C)CN1. The van der Waals surface area contributed by atoms with Gasteiger partial charge in [-0.15, -0.1) is 0 Å². The zero-order chi connectivity index (χ0) is 15.0. The van der Waals surface area contributed by atoms with Gasteiger partial charge in [-0.05, 0) is 50.1 Å². The summed E-state index contributed by atoms with van der Waals surface area (Å²) < 4.78 is 0. The lowest BCUT2D eigenvalue weighted by molar-refractivity contribution is -0.0417. The van der Waals surface area contributed by atoms with Crippen molar-refractivity contribution in [3.05, 3.63) is 0 Å². The van der Waals surface area contributed by atoms with Gasteiger partial charge in [0.15, 0.2) is 0 Å².